The summed E-state index contributed by atoms with van der Waals surface area (Å²) in [6, 6.07) is 0.242. The van der Waals surface area contributed by atoms with Gasteiger partial charge >= 0.3 is 0 Å². The van der Waals surface area contributed by atoms with E-state index in [0.717, 1.165) is 19.4 Å². The Labute approximate surface area is 137 Å². The lowest BCUT2D eigenvalue weighted by atomic mass is 9.65. The van der Waals surface area contributed by atoms with Crippen molar-refractivity contribution in [3.63, 3.8) is 0 Å². The molecule has 1 saturated heterocycles. The molecule has 3 aliphatic rings. The Kier molecular flexibility index (Phi) is 4.28. The van der Waals surface area contributed by atoms with Crippen LogP contribution in [0.4, 0.5) is 0 Å². The second kappa shape index (κ2) is 5.58. The molecule has 2 heterocycles. The quantitative estimate of drug-likeness (QED) is 0.683. The number of thioether (sulfide) groups is 2. The molecule has 3 rings (SSSR count). The molecular weight excluding hydrogens is 356 g/mol. The molecule has 6 unspecified atom stereocenters. The lowest BCUT2D eigenvalue weighted by Gasteiger charge is -2.39. The van der Waals surface area contributed by atoms with Gasteiger partial charge in [-0.1, -0.05) is 29.8 Å². The first-order valence-corrected chi connectivity index (χ1v) is 10.3. The second-order valence-electron chi connectivity index (χ2n) is 6.85. The highest BCUT2D eigenvalue weighted by Gasteiger charge is 2.55. The largest absolute Gasteiger partial charge is 0.299 e. The number of azo groups is 1. The topological polar surface area (TPSA) is 41.8 Å². The Bertz CT molecular complexity index is 443. The monoisotopic (exact) mass is 376 g/mol. The summed E-state index contributed by atoms with van der Waals surface area (Å²) in [5.74, 6) is 1.17. The van der Waals surface area contributed by atoms with E-state index in [2.05, 4.69) is 46.3 Å². The van der Waals surface area contributed by atoms with E-state index in [1.807, 2.05) is 23.5 Å². The van der Waals surface area contributed by atoms with Crippen molar-refractivity contribution < 1.29 is 4.79 Å². The van der Waals surface area contributed by atoms with E-state index in [-0.39, 0.29) is 17.4 Å². The van der Waals surface area contributed by atoms with Crippen molar-refractivity contribution in [1.29, 1.82) is 0 Å². The SMILES string of the molecule is CSC1SC(C2N=NCC2Br)C2CC(C)(C)CC(=O)C12. The Hall–Kier alpha value is 0.450. The molecule has 0 spiro atoms. The standard InChI is InChI=1S/C14H21BrN2OS2/c1-14(2)4-7-10(9(18)5-14)13(19-3)20-12(7)11-8(15)6-16-17-11/h7-8,10-13H,4-6H2,1-3H3. The average molecular weight is 377 g/mol. The van der Waals surface area contributed by atoms with Crippen molar-refractivity contribution in [3.8, 4) is 0 Å². The van der Waals surface area contributed by atoms with E-state index in [4.69, 9.17) is 0 Å². The smallest absolute Gasteiger partial charge is 0.138 e. The summed E-state index contributed by atoms with van der Waals surface area (Å²) < 4.78 is 0.407. The minimum absolute atomic E-state index is 0.141. The van der Waals surface area contributed by atoms with Gasteiger partial charge < -0.3 is 0 Å². The third-order valence-corrected chi connectivity index (χ3v) is 8.70. The molecule has 0 N–H and O–H groups in total. The van der Waals surface area contributed by atoms with Gasteiger partial charge in [-0.15, -0.1) is 11.8 Å². The molecule has 3 nitrogen and oxygen atoms in total. The predicted molar refractivity (Wildman–Crippen MR) is 89.9 cm³/mol. The van der Waals surface area contributed by atoms with E-state index < -0.39 is 0 Å². The van der Waals surface area contributed by atoms with Gasteiger partial charge in [0.15, 0.2) is 0 Å². The number of ketones is 1. The van der Waals surface area contributed by atoms with Gasteiger partial charge in [0.1, 0.15) is 5.78 Å². The normalized spacial score (nSPS) is 46.7. The molecule has 0 amide bonds. The van der Waals surface area contributed by atoms with Crippen LogP contribution in [-0.4, -0.2) is 39.3 Å². The Morgan fingerprint density at radius 1 is 1.45 bits per heavy atom. The number of rotatable bonds is 2. The van der Waals surface area contributed by atoms with Crippen molar-refractivity contribution in [2.24, 2.45) is 27.5 Å². The molecule has 1 aliphatic carbocycles. The Morgan fingerprint density at radius 3 is 2.80 bits per heavy atom. The Morgan fingerprint density at radius 2 is 2.20 bits per heavy atom. The van der Waals surface area contributed by atoms with Crippen LogP contribution in [0.1, 0.15) is 26.7 Å². The summed E-state index contributed by atoms with van der Waals surface area (Å²) in [4.78, 5) is 13.0. The van der Waals surface area contributed by atoms with Crippen LogP contribution in [-0.2, 0) is 4.79 Å². The molecule has 20 heavy (non-hydrogen) atoms. The maximum Gasteiger partial charge on any atom is 0.138 e. The number of hydrogen-bond acceptors (Lipinski definition) is 5. The molecule has 0 radical (unpaired) electrons. The summed E-state index contributed by atoms with van der Waals surface area (Å²) in [6.45, 7) is 5.24. The lowest BCUT2D eigenvalue weighted by Crippen LogP contribution is -2.43. The number of Topliss-reactive ketones (excluding diaryl/α,β-unsaturated/α-hetero) is 1. The van der Waals surface area contributed by atoms with E-state index >= 15 is 0 Å². The number of nitrogens with zero attached hydrogens (tertiary/aromatic N) is 2. The van der Waals surface area contributed by atoms with Crippen molar-refractivity contribution >= 4 is 45.2 Å². The van der Waals surface area contributed by atoms with Crippen LogP contribution in [0.25, 0.3) is 0 Å². The van der Waals surface area contributed by atoms with Gasteiger partial charge in [0.25, 0.3) is 0 Å². The van der Waals surface area contributed by atoms with Crippen molar-refractivity contribution in [1.82, 2.24) is 0 Å². The summed E-state index contributed by atoms with van der Waals surface area (Å²) >= 11 is 7.54. The maximum atomic E-state index is 12.6. The number of carbonyl (C=O) groups excluding carboxylic acids is 1. The fourth-order valence-electron chi connectivity index (χ4n) is 3.89. The molecule has 6 heteroatoms. The number of halogens is 1. The first-order valence-electron chi connectivity index (χ1n) is 7.14. The summed E-state index contributed by atoms with van der Waals surface area (Å²) in [5, 5.41) is 9.12. The van der Waals surface area contributed by atoms with Crippen LogP contribution in [0.3, 0.4) is 0 Å². The van der Waals surface area contributed by atoms with Crippen LogP contribution in [0, 0.1) is 17.3 Å². The van der Waals surface area contributed by atoms with E-state index in [0.29, 0.717) is 26.4 Å². The second-order valence-corrected chi connectivity index (χ2v) is 10.6. The zero-order chi connectivity index (χ0) is 14.5. The van der Waals surface area contributed by atoms with Crippen molar-refractivity contribution in [2.75, 3.05) is 12.8 Å². The number of alkyl halides is 1. The summed E-state index contributed by atoms with van der Waals surface area (Å²) in [5.41, 5.74) is 0.141. The van der Waals surface area contributed by atoms with Gasteiger partial charge in [0.2, 0.25) is 0 Å². The number of carbonyl (C=O) groups is 1. The minimum atomic E-state index is 0.141. The Balaban J connectivity index is 1.89. The third-order valence-electron chi connectivity index (χ3n) is 4.69. The highest BCUT2D eigenvalue weighted by atomic mass is 79.9. The molecule has 2 fully saturated rings. The zero-order valence-electron chi connectivity index (χ0n) is 12.1. The van der Waals surface area contributed by atoms with Crippen molar-refractivity contribution in [3.05, 3.63) is 0 Å². The fourth-order valence-corrected chi connectivity index (χ4v) is 7.83. The van der Waals surface area contributed by atoms with Crippen LogP contribution >= 0.6 is 39.5 Å². The first kappa shape index (κ1) is 15.3. The van der Waals surface area contributed by atoms with Gasteiger partial charge in [0.05, 0.1) is 22.0 Å². The van der Waals surface area contributed by atoms with Crippen LogP contribution in [0.2, 0.25) is 0 Å². The van der Waals surface area contributed by atoms with Gasteiger partial charge in [0, 0.05) is 17.6 Å². The van der Waals surface area contributed by atoms with Gasteiger partial charge in [-0.05, 0) is 24.0 Å². The molecule has 2 aliphatic heterocycles. The molecule has 0 bridgehead atoms. The van der Waals surface area contributed by atoms with E-state index in [9.17, 15) is 4.79 Å². The van der Waals surface area contributed by atoms with E-state index in [1.165, 1.54) is 0 Å². The van der Waals surface area contributed by atoms with Crippen LogP contribution < -0.4 is 0 Å². The lowest BCUT2D eigenvalue weighted by molar-refractivity contribution is -0.129. The first-order chi connectivity index (χ1) is 9.43. The van der Waals surface area contributed by atoms with Crippen LogP contribution in [0.15, 0.2) is 10.2 Å². The van der Waals surface area contributed by atoms with Crippen LogP contribution in [0.5, 0.6) is 0 Å². The van der Waals surface area contributed by atoms with Gasteiger partial charge in [-0.25, -0.2) is 0 Å². The summed E-state index contributed by atoms with van der Waals surface area (Å²) in [6.07, 6.45) is 4.01. The average Bonchev–Trinajstić information content (AvgIpc) is 2.91. The minimum Gasteiger partial charge on any atom is -0.299 e. The molecule has 6 atom stereocenters. The highest BCUT2D eigenvalue weighted by molar-refractivity contribution is 9.09. The molecular formula is C14H21BrN2OS2. The van der Waals surface area contributed by atoms with Gasteiger partial charge in [-0.3, -0.25) is 4.79 Å². The molecule has 1 saturated carbocycles. The van der Waals surface area contributed by atoms with Gasteiger partial charge in [-0.2, -0.15) is 22.0 Å². The maximum absolute atomic E-state index is 12.6. The fraction of sp³-hybridized carbons (Fsp3) is 0.929. The van der Waals surface area contributed by atoms with Crippen molar-refractivity contribution in [2.45, 2.75) is 47.4 Å². The number of fused-ring (bicyclic) bond motifs is 1. The highest BCUT2D eigenvalue weighted by Crippen LogP contribution is 2.57. The molecule has 0 aromatic rings. The van der Waals surface area contributed by atoms with E-state index in [1.54, 1.807) is 0 Å². The number of hydrogen-bond donors (Lipinski definition) is 0. The molecule has 112 valence electrons. The molecule has 0 aromatic heterocycles. The zero-order valence-corrected chi connectivity index (χ0v) is 15.3. The third kappa shape index (κ3) is 2.60. The summed E-state index contributed by atoms with van der Waals surface area (Å²) in [7, 11) is 0. The predicted octanol–water partition coefficient (Wildman–Crippen LogP) is 4.01. The molecule has 0 aromatic carbocycles.